The van der Waals surface area contributed by atoms with E-state index in [9.17, 15) is 4.79 Å². The molecule has 21 heavy (non-hydrogen) atoms. The number of hydrogen-bond acceptors (Lipinski definition) is 2. The number of nitrogens with one attached hydrogen (secondary N) is 1. The molecule has 4 rings (SSSR count). The van der Waals surface area contributed by atoms with E-state index in [-0.39, 0.29) is 11.5 Å². The lowest BCUT2D eigenvalue weighted by Gasteiger charge is -2.10. The van der Waals surface area contributed by atoms with Crippen LogP contribution in [-0.2, 0) is 0 Å². The van der Waals surface area contributed by atoms with Crippen molar-refractivity contribution in [2.24, 2.45) is 0 Å². The van der Waals surface area contributed by atoms with Crippen LogP contribution in [0.3, 0.4) is 0 Å². The van der Waals surface area contributed by atoms with Crippen LogP contribution >= 0.6 is 0 Å². The molecule has 0 fully saturated rings. The molecule has 3 nitrogen and oxygen atoms in total. The van der Waals surface area contributed by atoms with Gasteiger partial charge in [0.25, 0.3) is 0 Å². The number of hydrogen-bond donors (Lipinski definition) is 1. The second kappa shape index (κ2) is 4.09. The number of benzene rings is 2. The summed E-state index contributed by atoms with van der Waals surface area (Å²) in [5, 5.41) is 1.11. The molecule has 0 atom stereocenters. The number of H-pyrrole nitrogens is 1. The van der Waals surface area contributed by atoms with Crippen LogP contribution in [0.4, 0.5) is 0 Å². The first-order valence-electron chi connectivity index (χ1n) is 6.78. The van der Waals surface area contributed by atoms with Crippen molar-refractivity contribution in [3.05, 3.63) is 66.1 Å². The van der Waals surface area contributed by atoms with E-state index in [1.165, 1.54) is 0 Å². The smallest absolute Gasteiger partial charge is 0.231 e. The van der Waals surface area contributed by atoms with Crippen LogP contribution in [0.2, 0.25) is 0 Å². The van der Waals surface area contributed by atoms with E-state index in [4.69, 9.17) is 4.74 Å². The van der Waals surface area contributed by atoms with E-state index in [0.29, 0.717) is 11.3 Å². The number of ether oxygens (including phenoxy) is 1. The standard InChI is InChI=1S/C18H13NO2/c1-10-7-8-13-17(20)11(2)21-18(13)16(10)14-9-19-15-6-4-3-5-12(14)15/h3-9,19H,2H2,1H3. The van der Waals surface area contributed by atoms with E-state index in [1.807, 2.05) is 43.5 Å². The Morgan fingerprint density at radius 2 is 1.90 bits per heavy atom. The molecule has 0 bridgehead atoms. The summed E-state index contributed by atoms with van der Waals surface area (Å²) in [4.78, 5) is 15.3. The molecule has 0 amide bonds. The van der Waals surface area contributed by atoms with Gasteiger partial charge in [-0.3, -0.25) is 4.79 Å². The number of para-hydroxylation sites is 1. The third kappa shape index (κ3) is 1.57. The first kappa shape index (κ1) is 12.0. The van der Waals surface area contributed by atoms with Gasteiger partial charge in [0.2, 0.25) is 5.78 Å². The Morgan fingerprint density at radius 3 is 2.76 bits per heavy atom. The van der Waals surface area contributed by atoms with Gasteiger partial charge in [-0.05, 0) is 24.6 Å². The summed E-state index contributed by atoms with van der Waals surface area (Å²) >= 11 is 0. The number of aromatic amines is 1. The van der Waals surface area contributed by atoms with Gasteiger partial charge in [-0.15, -0.1) is 0 Å². The molecule has 0 aliphatic carbocycles. The summed E-state index contributed by atoms with van der Waals surface area (Å²) in [6.07, 6.45) is 1.96. The minimum atomic E-state index is -0.133. The van der Waals surface area contributed by atoms with Crippen molar-refractivity contribution in [3.8, 4) is 16.9 Å². The monoisotopic (exact) mass is 275 g/mol. The summed E-state index contributed by atoms with van der Waals surface area (Å²) in [7, 11) is 0. The highest BCUT2D eigenvalue weighted by atomic mass is 16.5. The number of aryl methyl sites for hydroxylation is 1. The van der Waals surface area contributed by atoms with Crippen molar-refractivity contribution in [1.29, 1.82) is 0 Å². The number of allylic oxidation sites excluding steroid dienone is 1. The fraction of sp³-hybridized carbons (Fsp3) is 0.0556. The maximum atomic E-state index is 12.1. The zero-order valence-electron chi connectivity index (χ0n) is 11.6. The maximum absolute atomic E-state index is 12.1. The van der Waals surface area contributed by atoms with Crippen LogP contribution in [0.25, 0.3) is 22.0 Å². The normalized spacial score (nSPS) is 13.6. The zero-order valence-corrected chi connectivity index (χ0v) is 11.6. The molecule has 0 spiro atoms. The van der Waals surface area contributed by atoms with Gasteiger partial charge in [0, 0.05) is 28.2 Å². The van der Waals surface area contributed by atoms with Crippen molar-refractivity contribution in [2.45, 2.75) is 6.92 Å². The SMILES string of the molecule is C=C1Oc2c(ccc(C)c2-c2c[nH]c3ccccc23)C1=O. The van der Waals surface area contributed by atoms with Gasteiger partial charge in [0.15, 0.2) is 5.76 Å². The topological polar surface area (TPSA) is 42.1 Å². The predicted molar refractivity (Wildman–Crippen MR) is 82.6 cm³/mol. The van der Waals surface area contributed by atoms with Crippen LogP contribution in [0, 0.1) is 6.92 Å². The fourth-order valence-electron chi connectivity index (χ4n) is 2.90. The van der Waals surface area contributed by atoms with E-state index < -0.39 is 0 Å². The maximum Gasteiger partial charge on any atom is 0.231 e. The number of aromatic nitrogens is 1. The van der Waals surface area contributed by atoms with Gasteiger partial charge in [-0.25, -0.2) is 0 Å². The Balaban J connectivity index is 2.06. The van der Waals surface area contributed by atoms with Gasteiger partial charge < -0.3 is 9.72 Å². The number of Topliss-reactive ketones (excluding diaryl/α,β-unsaturated/α-hetero) is 1. The number of rotatable bonds is 1. The third-order valence-corrected chi connectivity index (χ3v) is 3.95. The van der Waals surface area contributed by atoms with Gasteiger partial charge >= 0.3 is 0 Å². The van der Waals surface area contributed by atoms with Crippen LogP contribution < -0.4 is 4.74 Å². The van der Waals surface area contributed by atoms with Crippen molar-refractivity contribution < 1.29 is 9.53 Å². The quantitative estimate of drug-likeness (QED) is 0.675. The van der Waals surface area contributed by atoms with Crippen molar-refractivity contribution in [1.82, 2.24) is 4.98 Å². The number of ketones is 1. The molecule has 1 aromatic heterocycles. The Labute approximate surface area is 121 Å². The minimum Gasteiger partial charge on any atom is -0.452 e. The molecular formula is C18H13NO2. The summed E-state index contributed by atoms with van der Waals surface area (Å²) in [6.45, 7) is 5.70. The lowest BCUT2D eigenvalue weighted by Crippen LogP contribution is -1.94. The van der Waals surface area contributed by atoms with Gasteiger partial charge in [-0.1, -0.05) is 30.8 Å². The molecule has 0 radical (unpaired) electrons. The van der Waals surface area contributed by atoms with E-state index in [1.54, 1.807) is 0 Å². The highest BCUT2D eigenvalue weighted by Gasteiger charge is 2.30. The Bertz CT molecular complexity index is 918. The highest BCUT2D eigenvalue weighted by molar-refractivity contribution is 6.14. The number of fused-ring (bicyclic) bond motifs is 2. The van der Waals surface area contributed by atoms with Crippen molar-refractivity contribution >= 4 is 16.7 Å². The molecule has 0 saturated carbocycles. The average Bonchev–Trinajstić information content (AvgIpc) is 3.02. The molecule has 1 aliphatic rings. The molecule has 3 aromatic rings. The fourth-order valence-corrected chi connectivity index (χ4v) is 2.90. The minimum absolute atomic E-state index is 0.133. The molecule has 1 N–H and O–H groups in total. The summed E-state index contributed by atoms with van der Waals surface area (Å²) < 4.78 is 5.65. The molecule has 0 saturated heterocycles. The molecule has 1 aliphatic heterocycles. The van der Waals surface area contributed by atoms with Gasteiger partial charge in [-0.2, -0.15) is 0 Å². The number of carbonyl (C=O) groups excluding carboxylic acids is 1. The summed E-state index contributed by atoms with van der Waals surface area (Å²) in [5.74, 6) is 0.678. The van der Waals surface area contributed by atoms with Crippen LogP contribution in [-0.4, -0.2) is 10.8 Å². The van der Waals surface area contributed by atoms with Gasteiger partial charge in [0.05, 0.1) is 5.56 Å². The van der Waals surface area contributed by atoms with Crippen LogP contribution in [0.15, 0.2) is 54.9 Å². The second-order valence-electron chi connectivity index (χ2n) is 5.24. The summed E-state index contributed by atoms with van der Waals surface area (Å²) in [5.41, 5.74) is 4.72. The van der Waals surface area contributed by atoms with E-state index in [0.717, 1.165) is 27.6 Å². The Hall–Kier alpha value is -2.81. The van der Waals surface area contributed by atoms with Crippen LogP contribution in [0.5, 0.6) is 5.75 Å². The first-order chi connectivity index (χ1) is 10.2. The average molecular weight is 275 g/mol. The Morgan fingerprint density at radius 1 is 1.10 bits per heavy atom. The van der Waals surface area contributed by atoms with E-state index >= 15 is 0 Å². The van der Waals surface area contributed by atoms with Gasteiger partial charge in [0.1, 0.15) is 5.75 Å². The molecular weight excluding hydrogens is 262 g/mol. The van der Waals surface area contributed by atoms with Crippen molar-refractivity contribution in [3.63, 3.8) is 0 Å². The lowest BCUT2D eigenvalue weighted by molar-refractivity contribution is 0.101. The van der Waals surface area contributed by atoms with Crippen LogP contribution in [0.1, 0.15) is 15.9 Å². The van der Waals surface area contributed by atoms with Crippen molar-refractivity contribution in [2.75, 3.05) is 0 Å². The molecule has 0 unspecified atom stereocenters. The molecule has 2 aromatic carbocycles. The van der Waals surface area contributed by atoms with E-state index in [2.05, 4.69) is 17.6 Å². The highest BCUT2D eigenvalue weighted by Crippen LogP contribution is 2.43. The second-order valence-corrected chi connectivity index (χ2v) is 5.24. The third-order valence-electron chi connectivity index (χ3n) is 3.95. The molecule has 102 valence electrons. The Kier molecular flexibility index (Phi) is 2.33. The molecule has 3 heteroatoms. The lowest BCUT2D eigenvalue weighted by atomic mass is 9.95. The number of carbonyl (C=O) groups is 1. The first-order valence-corrected chi connectivity index (χ1v) is 6.78. The molecule has 2 heterocycles. The zero-order chi connectivity index (χ0) is 14.6. The summed E-state index contributed by atoms with van der Waals surface area (Å²) in [6, 6.07) is 11.9. The predicted octanol–water partition coefficient (Wildman–Crippen LogP) is 4.23. The largest absolute Gasteiger partial charge is 0.452 e.